The van der Waals surface area contributed by atoms with E-state index >= 15 is 0 Å². The Morgan fingerprint density at radius 2 is 1.71 bits per heavy atom. The molecule has 2 N–H and O–H groups in total. The van der Waals surface area contributed by atoms with E-state index in [-0.39, 0.29) is 29.4 Å². The summed E-state index contributed by atoms with van der Waals surface area (Å²) in [6, 6.07) is 6.90. The number of piperidine rings is 1. The summed E-state index contributed by atoms with van der Waals surface area (Å²) in [5.41, 5.74) is 1.80. The molecule has 1 saturated heterocycles. The van der Waals surface area contributed by atoms with Gasteiger partial charge in [-0.05, 0) is 99.3 Å². The van der Waals surface area contributed by atoms with Crippen LogP contribution in [0.2, 0.25) is 0 Å². The zero-order valence-electron chi connectivity index (χ0n) is 21.3. The normalized spacial score (nSPS) is 35.5. The van der Waals surface area contributed by atoms with Crippen LogP contribution in [0.1, 0.15) is 82.5 Å². The zero-order chi connectivity index (χ0) is 24.8. The Balaban J connectivity index is 1.19. The number of hydrogen-bond donors (Lipinski definition) is 2. The van der Waals surface area contributed by atoms with E-state index in [2.05, 4.69) is 24.5 Å². The fraction of sp³-hybridized carbons (Fsp3) is 0.679. The lowest BCUT2D eigenvalue weighted by atomic mass is 9.43. The van der Waals surface area contributed by atoms with Crippen LogP contribution in [0.25, 0.3) is 0 Å². The number of likely N-dealkylation sites (tertiary alicyclic amines) is 1. The highest BCUT2D eigenvalue weighted by molar-refractivity contribution is 5.96. The Bertz CT molecular complexity index is 988. The van der Waals surface area contributed by atoms with Crippen molar-refractivity contribution in [3.63, 3.8) is 0 Å². The van der Waals surface area contributed by atoms with Crippen LogP contribution >= 0.6 is 0 Å². The van der Waals surface area contributed by atoms with Crippen molar-refractivity contribution < 1.29 is 19.1 Å². The van der Waals surface area contributed by atoms with Gasteiger partial charge in [-0.3, -0.25) is 9.59 Å². The molecule has 1 unspecified atom stereocenters. The molecule has 1 aromatic rings. The van der Waals surface area contributed by atoms with Gasteiger partial charge in [-0.15, -0.1) is 0 Å². The van der Waals surface area contributed by atoms with Crippen molar-refractivity contribution in [1.29, 1.82) is 0 Å². The number of hydrogen-bond acceptors (Lipinski definition) is 4. The van der Waals surface area contributed by atoms with Crippen molar-refractivity contribution in [3.8, 4) is 0 Å². The van der Waals surface area contributed by atoms with Gasteiger partial charge in [0.25, 0.3) is 5.91 Å². The Morgan fingerprint density at radius 1 is 1.03 bits per heavy atom. The van der Waals surface area contributed by atoms with E-state index in [0.717, 1.165) is 32.1 Å². The molecule has 4 aliphatic carbocycles. The molecule has 5 fully saturated rings. The van der Waals surface area contributed by atoms with Gasteiger partial charge in [0.05, 0.1) is 12.5 Å². The van der Waals surface area contributed by atoms with Crippen LogP contribution in [0.3, 0.4) is 0 Å². The summed E-state index contributed by atoms with van der Waals surface area (Å²) in [6.07, 6.45) is 8.61. The highest BCUT2D eigenvalue weighted by atomic mass is 16.5. The third-order valence-corrected chi connectivity index (χ3v) is 8.72. The largest absolute Gasteiger partial charge is 0.466 e. The van der Waals surface area contributed by atoms with E-state index in [1.807, 2.05) is 0 Å². The van der Waals surface area contributed by atoms with E-state index in [0.29, 0.717) is 47.7 Å². The Morgan fingerprint density at radius 3 is 2.34 bits per heavy atom. The van der Waals surface area contributed by atoms with Gasteiger partial charge >= 0.3 is 12.0 Å². The predicted octanol–water partition coefficient (Wildman–Crippen LogP) is 4.97. The molecule has 6 rings (SSSR count). The smallest absolute Gasteiger partial charge is 0.319 e. The van der Waals surface area contributed by atoms with Crippen molar-refractivity contribution in [3.05, 3.63) is 29.8 Å². The molecular weight excluding hydrogens is 442 g/mol. The van der Waals surface area contributed by atoms with Crippen molar-refractivity contribution in [2.45, 2.75) is 77.7 Å². The minimum absolute atomic E-state index is 0.0925. The minimum atomic E-state index is -0.258. The van der Waals surface area contributed by atoms with E-state index in [9.17, 15) is 14.4 Å². The van der Waals surface area contributed by atoms with Crippen molar-refractivity contribution >= 4 is 23.6 Å². The SMILES string of the molecule is CCOC(=O)C1CCCN(C(=O)c2ccc(NC(=O)NC34CC5C[C@](C)(C3)C[C@](C)(C5)C4)cc2)C1. The molecule has 0 radical (unpaired) electrons. The number of rotatable bonds is 5. The van der Waals surface area contributed by atoms with Gasteiger partial charge in [0.2, 0.25) is 0 Å². The van der Waals surface area contributed by atoms with Gasteiger partial charge in [-0.1, -0.05) is 13.8 Å². The first kappa shape index (κ1) is 24.1. The number of nitrogens with one attached hydrogen (secondary N) is 2. The van der Waals surface area contributed by atoms with Crippen molar-refractivity contribution in [2.24, 2.45) is 22.7 Å². The summed E-state index contributed by atoms with van der Waals surface area (Å²) < 4.78 is 5.14. The average molecular weight is 482 g/mol. The van der Waals surface area contributed by atoms with Gasteiger partial charge in [-0.2, -0.15) is 0 Å². The number of carbonyl (C=O) groups is 3. The zero-order valence-corrected chi connectivity index (χ0v) is 21.3. The Hall–Kier alpha value is -2.57. The second kappa shape index (κ2) is 8.82. The van der Waals surface area contributed by atoms with E-state index in [1.54, 1.807) is 36.1 Å². The third kappa shape index (κ3) is 4.91. The highest BCUT2D eigenvalue weighted by Gasteiger charge is 2.60. The molecule has 0 aromatic heterocycles. The first-order valence-electron chi connectivity index (χ1n) is 13.3. The van der Waals surface area contributed by atoms with Crippen LogP contribution in [-0.4, -0.2) is 48.0 Å². The number of nitrogens with zero attached hydrogens (tertiary/aromatic N) is 1. The molecule has 1 aliphatic heterocycles. The van der Waals surface area contributed by atoms with Crippen molar-refractivity contribution in [2.75, 3.05) is 25.0 Å². The van der Waals surface area contributed by atoms with Crippen LogP contribution in [0, 0.1) is 22.7 Å². The lowest BCUT2D eigenvalue weighted by Crippen LogP contribution is -2.65. The van der Waals surface area contributed by atoms with Crippen LogP contribution in [0.5, 0.6) is 0 Å². The Kier molecular flexibility index (Phi) is 6.09. The number of benzene rings is 1. The summed E-state index contributed by atoms with van der Waals surface area (Å²) in [5.74, 6) is 0.138. The first-order valence-corrected chi connectivity index (χ1v) is 13.3. The average Bonchev–Trinajstić information content (AvgIpc) is 2.76. The minimum Gasteiger partial charge on any atom is -0.466 e. The number of urea groups is 1. The second-order valence-corrected chi connectivity index (χ2v) is 12.4. The predicted molar refractivity (Wildman–Crippen MR) is 134 cm³/mol. The van der Waals surface area contributed by atoms with E-state index < -0.39 is 0 Å². The number of anilines is 1. The van der Waals surface area contributed by atoms with Crippen LogP contribution < -0.4 is 10.6 Å². The topological polar surface area (TPSA) is 87.7 Å². The molecule has 4 saturated carbocycles. The fourth-order valence-corrected chi connectivity index (χ4v) is 8.48. The fourth-order valence-electron chi connectivity index (χ4n) is 8.48. The number of amides is 3. The number of carbonyl (C=O) groups excluding carboxylic acids is 3. The monoisotopic (exact) mass is 481 g/mol. The van der Waals surface area contributed by atoms with Crippen LogP contribution in [0.15, 0.2) is 24.3 Å². The van der Waals surface area contributed by atoms with E-state index in [4.69, 9.17) is 4.74 Å². The lowest BCUT2D eigenvalue weighted by Gasteiger charge is -2.65. The van der Waals surface area contributed by atoms with Crippen LogP contribution in [0.4, 0.5) is 10.5 Å². The molecular formula is C28H39N3O4. The van der Waals surface area contributed by atoms with Gasteiger partial charge in [0.15, 0.2) is 0 Å². The molecule has 3 amide bonds. The molecule has 3 atom stereocenters. The molecule has 7 heteroatoms. The molecule has 1 heterocycles. The third-order valence-electron chi connectivity index (χ3n) is 8.72. The Labute approximate surface area is 208 Å². The maximum Gasteiger partial charge on any atom is 0.319 e. The van der Waals surface area contributed by atoms with Gasteiger partial charge in [-0.25, -0.2) is 4.79 Å². The summed E-state index contributed by atoms with van der Waals surface area (Å²) in [6.45, 7) is 7.97. The molecule has 5 aliphatic rings. The summed E-state index contributed by atoms with van der Waals surface area (Å²) in [5, 5.41) is 6.36. The molecule has 1 aromatic carbocycles. The summed E-state index contributed by atoms with van der Waals surface area (Å²) in [7, 11) is 0. The molecule has 7 nitrogen and oxygen atoms in total. The first-order chi connectivity index (χ1) is 16.6. The molecule has 4 bridgehead atoms. The quantitative estimate of drug-likeness (QED) is 0.581. The van der Waals surface area contributed by atoms with Crippen LogP contribution in [-0.2, 0) is 9.53 Å². The second-order valence-electron chi connectivity index (χ2n) is 12.4. The molecule has 190 valence electrons. The highest BCUT2D eigenvalue weighted by Crippen LogP contribution is 2.66. The number of ether oxygens (including phenoxy) is 1. The lowest BCUT2D eigenvalue weighted by molar-refractivity contribution is -0.149. The van der Waals surface area contributed by atoms with Crippen molar-refractivity contribution in [1.82, 2.24) is 10.2 Å². The summed E-state index contributed by atoms with van der Waals surface area (Å²) >= 11 is 0. The summed E-state index contributed by atoms with van der Waals surface area (Å²) in [4.78, 5) is 39.8. The maximum atomic E-state index is 13.0. The van der Waals surface area contributed by atoms with Gasteiger partial charge in [0.1, 0.15) is 0 Å². The molecule has 0 spiro atoms. The maximum absolute atomic E-state index is 13.0. The molecule has 35 heavy (non-hydrogen) atoms. The standard InChI is InChI=1S/C28H39N3O4/c1-4-35-24(33)21-6-5-11-31(15-21)23(32)20-7-9-22(10-8-20)29-25(34)30-28-14-19-12-26(2,17-28)16-27(3,13-19)18-28/h7-10,19,21H,4-6,11-18H2,1-3H3,(H2,29,30,34)/t19?,21?,26-,27-,28?/m0/s1. The van der Waals surface area contributed by atoms with E-state index in [1.165, 1.54) is 19.3 Å². The van der Waals surface area contributed by atoms with Gasteiger partial charge in [0, 0.05) is 29.9 Å². The van der Waals surface area contributed by atoms with Gasteiger partial charge < -0.3 is 20.3 Å². The number of esters is 1.